The van der Waals surface area contributed by atoms with Crippen LogP contribution in [0.15, 0.2) is 24.3 Å². The first-order valence-electron chi connectivity index (χ1n) is 11.6. The van der Waals surface area contributed by atoms with E-state index in [1.807, 2.05) is 19.1 Å². The van der Waals surface area contributed by atoms with Crippen molar-refractivity contribution in [3.63, 3.8) is 0 Å². The summed E-state index contributed by atoms with van der Waals surface area (Å²) in [5.41, 5.74) is 1.71. The first kappa shape index (κ1) is 29.0. The number of nitrogens with one attached hydrogen (secondary N) is 2. The molecule has 34 heavy (non-hydrogen) atoms. The summed E-state index contributed by atoms with van der Waals surface area (Å²) in [7, 11) is 0. The highest BCUT2D eigenvalue weighted by atomic mass is 16.5. The van der Waals surface area contributed by atoms with Crippen LogP contribution in [0.25, 0.3) is 0 Å². The van der Waals surface area contributed by atoms with Crippen LogP contribution in [0.5, 0.6) is 0 Å². The summed E-state index contributed by atoms with van der Waals surface area (Å²) < 4.78 is 10.3. The standard InChI is InChI=1S/C25H36N2O7/c1-19(17-28)6-3-4-11-26-25(32)34-13-5-12-33-18-24(31)27-16-22-9-7-21(8-10-22)15-23(30)14-20(2)29/h7-10,17,19H,3-6,11-16,18H2,1-2H3,(H,26,32)(H,27,31). The lowest BCUT2D eigenvalue weighted by Crippen LogP contribution is -2.28. The van der Waals surface area contributed by atoms with E-state index in [1.54, 1.807) is 12.1 Å². The highest BCUT2D eigenvalue weighted by Gasteiger charge is 2.07. The molecule has 0 heterocycles. The Morgan fingerprint density at radius 1 is 0.971 bits per heavy atom. The summed E-state index contributed by atoms with van der Waals surface area (Å²) in [5.74, 6) is -0.477. The summed E-state index contributed by atoms with van der Waals surface area (Å²) in [6.07, 6.45) is 3.54. The van der Waals surface area contributed by atoms with Gasteiger partial charge in [-0.25, -0.2) is 4.79 Å². The number of hydrogen-bond donors (Lipinski definition) is 2. The molecular weight excluding hydrogens is 440 g/mol. The number of rotatable bonds is 18. The second kappa shape index (κ2) is 17.4. The summed E-state index contributed by atoms with van der Waals surface area (Å²) in [4.78, 5) is 56.6. The van der Waals surface area contributed by atoms with Gasteiger partial charge >= 0.3 is 6.09 Å². The van der Waals surface area contributed by atoms with Gasteiger partial charge < -0.3 is 24.9 Å². The maximum absolute atomic E-state index is 11.9. The number of ether oxygens (including phenoxy) is 2. The van der Waals surface area contributed by atoms with Crippen molar-refractivity contribution in [1.29, 1.82) is 0 Å². The first-order valence-corrected chi connectivity index (χ1v) is 11.6. The van der Waals surface area contributed by atoms with Gasteiger partial charge in [0.15, 0.2) is 0 Å². The van der Waals surface area contributed by atoms with Crippen molar-refractivity contribution in [2.75, 3.05) is 26.4 Å². The van der Waals surface area contributed by atoms with Gasteiger partial charge in [0.1, 0.15) is 24.5 Å². The Morgan fingerprint density at radius 3 is 2.35 bits per heavy atom. The van der Waals surface area contributed by atoms with Gasteiger partial charge in [-0.05, 0) is 30.9 Å². The van der Waals surface area contributed by atoms with E-state index in [1.165, 1.54) is 6.92 Å². The van der Waals surface area contributed by atoms with Gasteiger partial charge in [-0.1, -0.05) is 37.6 Å². The SMILES string of the molecule is CC(=O)CC(=O)Cc1ccc(CNC(=O)COCCCOC(=O)NCCCCC(C)C=O)cc1. The number of aldehydes is 1. The molecule has 1 aromatic rings. The van der Waals surface area contributed by atoms with E-state index in [0.717, 1.165) is 36.7 Å². The number of carbonyl (C=O) groups is 5. The maximum atomic E-state index is 11.9. The molecule has 0 radical (unpaired) electrons. The molecule has 0 saturated heterocycles. The molecule has 1 unspecified atom stereocenters. The van der Waals surface area contributed by atoms with Crippen LogP contribution < -0.4 is 10.6 Å². The smallest absolute Gasteiger partial charge is 0.407 e. The van der Waals surface area contributed by atoms with Gasteiger partial charge in [0.2, 0.25) is 5.91 Å². The number of benzene rings is 1. The van der Waals surface area contributed by atoms with Crippen molar-refractivity contribution in [2.24, 2.45) is 5.92 Å². The van der Waals surface area contributed by atoms with Crippen LogP contribution in [-0.4, -0.2) is 56.2 Å². The van der Waals surface area contributed by atoms with E-state index in [9.17, 15) is 24.0 Å². The number of alkyl carbamates (subject to hydrolysis) is 1. The molecule has 0 aliphatic heterocycles. The Hall–Kier alpha value is -3.07. The largest absolute Gasteiger partial charge is 0.449 e. The topological polar surface area (TPSA) is 128 Å². The second-order valence-corrected chi connectivity index (χ2v) is 8.27. The Morgan fingerprint density at radius 2 is 1.68 bits per heavy atom. The lowest BCUT2D eigenvalue weighted by molar-refractivity contribution is -0.126. The van der Waals surface area contributed by atoms with Crippen LogP contribution >= 0.6 is 0 Å². The van der Waals surface area contributed by atoms with E-state index in [-0.39, 0.29) is 56.1 Å². The monoisotopic (exact) mass is 476 g/mol. The third-order valence-electron chi connectivity index (χ3n) is 4.85. The average molecular weight is 477 g/mol. The maximum Gasteiger partial charge on any atom is 0.407 e. The van der Waals surface area contributed by atoms with E-state index in [2.05, 4.69) is 10.6 Å². The molecule has 0 spiro atoms. The molecule has 9 heteroatoms. The molecule has 188 valence electrons. The quantitative estimate of drug-likeness (QED) is 0.189. The molecule has 9 nitrogen and oxygen atoms in total. The fourth-order valence-electron chi connectivity index (χ4n) is 2.99. The van der Waals surface area contributed by atoms with Crippen molar-refractivity contribution < 1.29 is 33.4 Å². The van der Waals surface area contributed by atoms with Crippen LogP contribution in [0.1, 0.15) is 57.1 Å². The zero-order valence-electron chi connectivity index (χ0n) is 20.1. The zero-order valence-corrected chi connectivity index (χ0v) is 20.1. The minimum absolute atomic E-state index is 0.0450. The normalized spacial score (nSPS) is 11.4. The molecule has 0 aromatic heterocycles. The number of ketones is 2. The Kier molecular flexibility index (Phi) is 14.8. The molecule has 2 N–H and O–H groups in total. The molecular formula is C25H36N2O7. The molecule has 0 fully saturated rings. The lowest BCUT2D eigenvalue weighted by Gasteiger charge is -2.09. The van der Waals surface area contributed by atoms with Gasteiger partial charge in [-0.3, -0.25) is 14.4 Å². The van der Waals surface area contributed by atoms with Gasteiger partial charge in [0.05, 0.1) is 19.6 Å². The number of carbonyl (C=O) groups excluding carboxylic acids is 5. The number of hydrogen-bond acceptors (Lipinski definition) is 7. The molecule has 1 rings (SSSR count). The van der Waals surface area contributed by atoms with Gasteiger partial charge in [0, 0.05) is 31.8 Å². The highest BCUT2D eigenvalue weighted by molar-refractivity contribution is 5.98. The van der Waals surface area contributed by atoms with Gasteiger partial charge in [-0.2, -0.15) is 0 Å². The summed E-state index contributed by atoms with van der Waals surface area (Å²) >= 11 is 0. The predicted molar refractivity (Wildman–Crippen MR) is 126 cm³/mol. The second-order valence-electron chi connectivity index (χ2n) is 8.27. The van der Waals surface area contributed by atoms with Crippen LogP contribution in [0.4, 0.5) is 4.79 Å². The molecule has 0 aliphatic carbocycles. The van der Waals surface area contributed by atoms with E-state index in [0.29, 0.717) is 19.5 Å². The van der Waals surface area contributed by atoms with Crippen molar-refractivity contribution in [2.45, 2.75) is 58.9 Å². The molecule has 1 atom stereocenters. The van der Waals surface area contributed by atoms with Crippen molar-refractivity contribution in [1.82, 2.24) is 10.6 Å². The Bertz CT molecular complexity index is 793. The van der Waals surface area contributed by atoms with Crippen LogP contribution in [0.3, 0.4) is 0 Å². The van der Waals surface area contributed by atoms with E-state index < -0.39 is 6.09 Å². The number of amides is 2. The van der Waals surface area contributed by atoms with E-state index >= 15 is 0 Å². The predicted octanol–water partition coefficient (Wildman–Crippen LogP) is 2.53. The summed E-state index contributed by atoms with van der Waals surface area (Å²) in [6.45, 7) is 4.48. The van der Waals surface area contributed by atoms with Crippen LogP contribution in [0, 0.1) is 5.92 Å². The van der Waals surface area contributed by atoms with Crippen molar-refractivity contribution in [3.8, 4) is 0 Å². The Balaban J connectivity index is 2.05. The van der Waals surface area contributed by atoms with Crippen LogP contribution in [-0.2, 0) is 41.6 Å². The Labute approximate surface area is 200 Å². The lowest BCUT2D eigenvalue weighted by atomic mass is 10.0. The third-order valence-corrected chi connectivity index (χ3v) is 4.85. The van der Waals surface area contributed by atoms with Crippen molar-refractivity contribution >= 4 is 29.9 Å². The minimum atomic E-state index is -0.490. The highest BCUT2D eigenvalue weighted by Crippen LogP contribution is 2.07. The zero-order chi connectivity index (χ0) is 25.2. The third kappa shape index (κ3) is 14.9. The molecule has 2 amide bonds. The summed E-state index contributed by atoms with van der Waals surface area (Å²) in [6, 6.07) is 7.26. The van der Waals surface area contributed by atoms with E-state index in [4.69, 9.17) is 9.47 Å². The molecule has 0 aliphatic rings. The summed E-state index contributed by atoms with van der Waals surface area (Å²) in [5, 5.41) is 5.40. The number of Topliss-reactive ketones (excluding diaryl/α,β-unsaturated/α-hetero) is 2. The van der Waals surface area contributed by atoms with Gasteiger partial charge in [-0.15, -0.1) is 0 Å². The van der Waals surface area contributed by atoms with Gasteiger partial charge in [0.25, 0.3) is 0 Å². The number of unbranched alkanes of at least 4 members (excludes halogenated alkanes) is 1. The molecule has 1 aromatic carbocycles. The fraction of sp³-hybridized carbons (Fsp3) is 0.560. The fourth-order valence-corrected chi connectivity index (χ4v) is 2.99. The average Bonchev–Trinajstić information content (AvgIpc) is 2.79. The molecule has 0 saturated carbocycles. The minimum Gasteiger partial charge on any atom is -0.449 e. The van der Waals surface area contributed by atoms with Crippen LogP contribution in [0.2, 0.25) is 0 Å². The molecule has 0 bridgehead atoms. The first-order chi connectivity index (χ1) is 16.3. The van der Waals surface area contributed by atoms with Crippen molar-refractivity contribution in [3.05, 3.63) is 35.4 Å².